The Morgan fingerprint density at radius 1 is 1.00 bits per heavy atom. The minimum atomic E-state index is -0.279. The number of carbonyl (C=O) groups is 2. The Hall–Kier alpha value is -0.440. The fraction of sp³-hybridized carbons (Fsp3) is 0.800. The van der Waals surface area contributed by atoms with E-state index in [2.05, 4.69) is 9.80 Å². The van der Waals surface area contributed by atoms with Crippen LogP contribution in [0.3, 0.4) is 0 Å². The van der Waals surface area contributed by atoms with Crippen LogP contribution in [-0.2, 0) is 9.59 Å². The normalized spacial score (nSPS) is 36.8. The first kappa shape index (κ1) is 14.0. The molecule has 2 aliphatic rings. The fourth-order valence-corrected chi connectivity index (χ4v) is 4.81. The molecule has 0 spiro atoms. The molecule has 6 atom stereocenters. The fourth-order valence-electron chi connectivity index (χ4n) is 1.71. The molecule has 0 aromatic rings. The van der Waals surface area contributed by atoms with Gasteiger partial charge in [-0.15, -0.1) is 0 Å². The van der Waals surface area contributed by atoms with Crippen LogP contribution < -0.4 is 11.5 Å². The van der Waals surface area contributed by atoms with Crippen LogP contribution in [0.2, 0.25) is 0 Å². The molecule has 18 heavy (non-hydrogen) atoms. The van der Waals surface area contributed by atoms with E-state index in [4.69, 9.17) is 11.5 Å². The summed E-state index contributed by atoms with van der Waals surface area (Å²) >= 11 is 0. The summed E-state index contributed by atoms with van der Waals surface area (Å²) in [6.07, 6.45) is 0. The van der Waals surface area contributed by atoms with Crippen molar-refractivity contribution < 1.29 is 9.59 Å². The molecule has 2 amide bonds. The number of nitrogens with zero attached hydrogens (tertiary/aromatic N) is 2. The number of hydrogen-bond acceptors (Lipinski definition) is 6. The Kier molecular flexibility index (Phi) is 4.10. The van der Waals surface area contributed by atoms with E-state index in [0.29, 0.717) is 10.7 Å². The topological polar surface area (TPSA) is 92.2 Å². The molecule has 2 aliphatic heterocycles. The first-order valence-electron chi connectivity index (χ1n) is 5.84. The highest BCUT2D eigenvalue weighted by Gasteiger charge is 2.45. The van der Waals surface area contributed by atoms with Gasteiger partial charge in [0, 0.05) is 13.1 Å². The summed E-state index contributed by atoms with van der Waals surface area (Å²) in [6.45, 7) is 5.46. The Labute approximate surface area is 114 Å². The number of amides is 2. The van der Waals surface area contributed by atoms with Crippen molar-refractivity contribution in [1.82, 2.24) is 9.80 Å². The van der Waals surface area contributed by atoms with Gasteiger partial charge in [0.2, 0.25) is 11.8 Å². The number of nitrogens with two attached hydrogens (primary N) is 2. The minimum absolute atomic E-state index is 0.192. The Bertz CT molecular complexity index is 334. The van der Waals surface area contributed by atoms with E-state index in [-0.39, 0.29) is 23.9 Å². The van der Waals surface area contributed by atoms with Crippen molar-refractivity contribution in [2.75, 3.05) is 13.1 Å². The maximum atomic E-state index is 11.0. The molecular weight excluding hydrogens is 272 g/mol. The standard InChI is InChI=1S/C10H18N4O2S2/c1-5(9(11)15)13-3-7(13)17-18-8-4-14(8)6(2)10(12)16/h5-8H,3-4H2,1-2H3,(H2,11,15)(H2,12,16). The van der Waals surface area contributed by atoms with Gasteiger partial charge >= 0.3 is 0 Å². The molecule has 2 saturated heterocycles. The summed E-state index contributed by atoms with van der Waals surface area (Å²) in [5.74, 6) is -0.558. The van der Waals surface area contributed by atoms with Crippen molar-refractivity contribution in [3.05, 3.63) is 0 Å². The average Bonchev–Trinajstić information content (AvgIpc) is 3.18. The molecule has 0 aromatic carbocycles. The lowest BCUT2D eigenvalue weighted by molar-refractivity contribution is -0.121. The number of carbonyl (C=O) groups excluding carboxylic acids is 2. The molecule has 6 unspecified atom stereocenters. The first-order chi connectivity index (χ1) is 8.41. The zero-order chi connectivity index (χ0) is 13.4. The number of primary amides is 2. The van der Waals surface area contributed by atoms with Crippen LogP contribution in [0, 0.1) is 0 Å². The van der Waals surface area contributed by atoms with Gasteiger partial charge in [0.25, 0.3) is 0 Å². The second-order valence-corrected chi connectivity index (χ2v) is 7.28. The van der Waals surface area contributed by atoms with Crippen LogP contribution >= 0.6 is 21.6 Å². The van der Waals surface area contributed by atoms with Crippen LogP contribution in [0.15, 0.2) is 0 Å². The van der Waals surface area contributed by atoms with E-state index in [1.807, 2.05) is 13.8 Å². The van der Waals surface area contributed by atoms with Crippen molar-refractivity contribution in [2.24, 2.45) is 11.5 Å². The molecule has 4 N–H and O–H groups in total. The highest BCUT2D eigenvalue weighted by atomic mass is 33.1. The molecule has 0 saturated carbocycles. The van der Waals surface area contributed by atoms with Gasteiger partial charge in [-0.1, -0.05) is 21.6 Å². The summed E-state index contributed by atoms with van der Waals surface area (Å²) in [5, 5.41) is 0.729. The molecule has 102 valence electrons. The Morgan fingerprint density at radius 3 is 1.61 bits per heavy atom. The van der Waals surface area contributed by atoms with Gasteiger partial charge in [-0.05, 0) is 13.8 Å². The third kappa shape index (κ3) is 3.11. The van der Waals surface area contributed by atoms with E-state index in [9.17, 15) is 9.59 Å². The lowest BCUT2D eigenvalue weighted by atomic mass is 10.3. The summed E-state index contributed by atoms with van der Waals surface area (Å²) < 4.78 is 0. The van der Waals surface area contributed by atoms with Crippen LogP contribution in [0.25, 0.3) is 0 Å². The summed E-state index contributed by atoms with van der Waals surface area (Å²) in [5.41, 5.74) is 10.5. The maximum Gasteiger partial charge on any atom is 0.234 e. The lowest BCUT2D eigenvalue weighted by Gasteiger charge is -2.10. The molecule has 0 aromatic heterocycles. The summed E-state index contributed by atoms with van der Waals surface area (Å²) in [6, 6.07) is -0.383. The van der Waals surface area contributed by atoms with E-state index >= 15 is 0 Å². The maximum absolute atomic E-state index is 11.0. The SMILES string of the molecule is CC(C(N)=O)N1CC1SSC1CN1C(C)C(N)=O. The molecule has 0 aliphatic carbocycles. The van der Waals surface area contributed by atoms with Crippen LogP contribution in [-0.4, -0.2) is 57.5 Å². The van der Waals surface area contributed by atoms with Gasteiger partial charge in [0.15, 0.2) is 0 Å². The predicted molar refractivity (Wildman–Crippen MR) is 73.5 cm³/mol. The molecule has 2 fully saturated rings. The van der Waals surface area contributed by atoms with Crippen LogP contribution in [0.1, 0.15) is 13.8 Å². The summed E-state index contributed by atoms with van der Waals surface area (Å²) in [7, 11) is 3.48. The third-order valence-corrected chi connectivity index (χ3v) is 6.36. The van der Waals surface area contributed by atoms with E-state index in [1.165, 1.54) is 0 Å². The monoisotopic (exact) mass is 290 g/mol. The molecule has 0 bridgehead atoms. The first-order valence-corrected chi connectivity index (χ1v) is 8.11. The van der Waals surface area contributed by atoms with E-state index in [0.717, 1.165) is 13.1 Å². The summed E-state index contributed by atoms with van der Waals surface area (Å²) in [4.78, 5) is 26.1. The smallest absolute Gasteiger partial charge is 0.234 e. The highest BCUT2D eigenvalue weighted by Crippen LogP contribution is 2.46. The quantitative estimate of drug-likeness (QED) is 0.480. The van der Waals surface area contributed by atoms with Crippen LogP contribution in [0.4, 0.5) is 0 Å². The van der Waals surface area contributed by atoms with Crippen LogP contribution in [0.5, 0.6) is 0 Å². The molecule has 2 heterocycles. The number of hydrogen-bond donors (Lipinski definition) is 2. The second kappa shape index (κ2) is 5.28. The molecule has 0 radical (unpaired) electrons. The van der Waals surface area contributed by atoms with Crippen molar-refractivity contribution >= 4 is 33.4 Å². The Balaban J connectivity index is 1.64. The molecule has 6 nitrogen and oxygen atoms in total. The van der Waals surface area contributed by atoms with Gasteiger partial charge in [0.05, 0.1) is 22.8 Å². The van der Waals surface area contributed by atoms with Gasteiger partial charge in [-0.2, -0.15) is 0 Å². The molecule has 8 heteroatoms. The van der Waals surface area contributed by atoms with Gasteiger partial charge in [0.1, 0.15) is 0 Å². The van der Waals surface area contributed by atoms with Crippen molar-refractivity contribution in [2.45, 2.75) is 36.7 Å². The molecule has 2 rings (SSSR count). The Morgan fingerprint density at radius 2 is 1.33 bits per heavy atom. The second-order valence-electron chi connectivity index (χ2n) is 4.65. The molecular formula is C10H18N4O2S2. The average molecular weight is 290 g/mol. The van der Waals surface area contributed by atoms with Crippen molar-refractivity contribution in [3.63, 3.8) is 0 Å². The van der Waals surface area contributed by atoms with Crippen molar-refractivity contribution in [1.29, 1.82) is 0 Å². The predicted octanol–water partition coefficient (Wildman–Crippen LogP) is -0.601. The number of rotatable bonds is 7. The zero-order valence-corrected chi connectivity index (χ0v) is 12.0. The van der Waals surface area contributed by atoms with Gasteiger partial charge in [-0.25, -0.2) is 0 Å². The van der Waals surface area contributed by atoms with Crippen molar-refractivity contribution in [3.8, 4) is 0 Å². The van der Waals surface area contributed by atoms with E-state index in [1.54, 1.807) is 21.6 Å². The third-order valence-electron chi connectivity index (χ3n) is 3.30. The zero-order valence-electron chi connectivity index (χ0n) is 10.4. The largest absolute Gasteiger partial charge is 0.368 e. The van der Waals surface area contributed by atoms with Gasteiger partial charge in [-0.3, -0.25) is 19.4 Å². The minimum Gasteiger partial charge on any atom is -0.368 e. The highest BCUT2D eigenvalue weighted by molar-refractivity contribution is 8.77. The van der Waals surface area contributed by atoms with E-state index < -0.39 is 0 Å². The van der Waals surface area contributed by atoms with Gasteiger partial charge < -0.3 is 11.5 Å². The lowest BCUT2D eigenvalue weighted by Crippen LogP contribution is -2.33.